The minimum absolute atomic E-state index is 0.636. The first-order chi connectivity index (χ1) is 26.8. The number of nitrogens with zero attached hydrogens (tertiary/aromatic N) is 3. The zero-order chi connectivity index (χ0) is 35.3. The number of benzene rings is 9. The van der Waals surface area contributed by atoms with Gasteiger partial charge < -0.3 is 4.42 Å². The Morgan fingerprint density at radius 2 is 1.09 bits per heavy atom. The summed E-state index contributed by atoms with van der Waals surface area (Å²) in [5.41, 5.74) is 8.92. The first kappa shape index (κ1) is 29.3. The van der Waals surface area contributed by atoms with Gasteiger partial charge in [-0.2, -0.15) is 0 Å². The molecule has 250 valence electrons. The van der Waals surface area contributed by atoms with Gasteiger partial charge in [0.2, 0.25) is 5.95 Å². The lowest BCUT2D eigenvalue weighted by Gasteiger charge is -2.15. The van der Waals surface area contributed by atoms with Crippen LogP contribution in [0.2, 0.25) is 0 Å². The van der Waals surface area contributed by atoms with Crippen LogP contribution < -0.4 is 0 Å². The Labute approximate surface area is 309 Å². The Balaban J connectivity index is 1.21. The summed E-state index contributed by atoms with van der Waals surface area (Å²) in [4.78, 5) is 11.0. The molecule has 0 aliphatic carbocycles. The second-order valence-corrected chi connectivity index (χ2v) is 14.1. The van der Waals surface area contributed by atoms with Gasteiger partial charge in [0.25, 0.3) is 0 Å². The standard InChI is InChI=1S/C50H29N3O/c1-2-13-32(14-3-1)47-41-25-21-31-12-7-9-18-37(31)48(41)52-50(51-47)53-43-28-34-16-5-4-15-33(34)27-42(43)39-20-10-19-38(49(39)53)35-22-24-40-45(29-35)54-44-26-23-30-11-6-8-17-36(30)46(40)44/h1-29H. The van der Waals surface area contributed by atoms with Crippen LogP contribution in [-0.4, -0.2) is 14.5 Å². The summed E-state index contributed by atoms with van der Waals surface area (Å²) in [7, 11) is 0. The highest BCUT2D eigenvalue weighted by Crippen LogP contribution is 2.42. The average molecular weight is 688 g/mol. The van der Waals surface area contributed by atoms with Gasteiger partial charge in [0.05, 0.1) is 22.2 Å². The molecule has 0 aliphatic rings. The number of rotatable bonds is 3. The van der Waals surface area contributed by atoms with Crippen molar-refractivity contribution in [3.8, 4) is 28.3 Å². The summed E-state index contributed by atoms with van der Waals surface area (Å²) >= 11 is 0. The molecule has 0 unspecified atom stereocenters. The molecule has 9 aromatic carbocycles. The van der Waals surface area contributed by atoms with Gasteiger partial charge in [0.1, 0.15) is 11.2 Å². The third kappa shape index (κ3) is 4.19. The summed E-state index contributed by atoms with van der Waals surface area (Å²) in [6.07, 6.45) is 0. The maximum Gasteiger partial charge on any atom is 0.235 e. The molecular weight excluding hydrogens is 659 g/mol. The van der Waals surface area contributed by atoms with Gasteiger partial charge in [-0.25, -0.2) is 9.97 Å². The largest absolute Gasteiger partial charge is 0.456 e. The molecule has 4 heteroatoms. The van der Waals surface area contributed by atoms with Crippen molar-refractivity contribution < 1.29 is 4.42 Å². The molecule has 0 atom stereocenters. The van der Waals surface area contributed by atoms with Gasteiger partial charge in [0.15, 0.2) is 0 Å². The van der Waals surface area contributed by atoms with Crippen LogP contribution in [0.3, 0.4) is 0 Å². The molecule has 3 heterocycles. The number of fused-ring (bicyclic) bond motifs is 12. The average Bonchev–Trinajstić information content (AvgIpc) is 3.78. The van der Waals surface area contributed by atoms with E-state index in [9.17, 15) is 0 Å². The van der Waals surface area contributed by atoms with Gasteiger partial charge >= 0.3 is 0 Å². The molecule has 12 aromatic rings. The zero-order valence-corrected chi connectivity index (χ0v) is 29.0. The number of furan rings is 1. The first-order valence-electron chi connectivity index (χ1n) is 18.3. The molecule has 0 radical (unpaired) electrons. The van der Waals surface area contributed by atoms with Crippen LogP contribution in [0.4, 0.5) is 0 Å². The van der Waals surface area contributed by atoms with E-state index in [4.69, 9.17) is 14.4 Å². The fourth-order valence-corrected chi connectivity index (χ4v) is 8.67. The Morgan fingerprint density at radius 1 is 0.407 bits per heavy atom. The second-order valence-electron chi connectivity index (χ2n) is 14.1. The van der Waals surface area contributed by atoms with Crippen molar-refractivity contribution in [3.05, 3.63) is 176 Å². The van der Waals surface area contributed by atoms with Crippen LogP contribution in [0.25, 0.3) is 115 Å². The molecule has 54 heavy (non-hydrogen) atoms. The smallest absolute Gasteiger partial charge is 0.235 e. The van der Waals surface area contributed by atoms with Crippen molar-refractivity contribution in [1.29, 1.82) is 0 Å². The van der Waals surface area contributed by atoms with Crippen LogP contribution in [0, 0.1) is 0 Å². The molecule has 4 nitrogen and oxygen atoms in total. The van der Waals surface area contributed by atoms with Gasteiger partial charge in [0, 0.05) is 43.4 Å². The van der Waals surface area contributed by atoms with E-state index < -0.39 is 0 Å². The maximum atomic E-state index is 6.58. The fourth-order valence-electron chi connectivity index (χ4n) is 8.67. The number of hydrogen-bond donors (Lipinski definition) is 0. The van der Waals surface area contributed by atoms with Crippen LogP contribution >= 0.6 is 0 Å². The van der Waals surface area contributed by atoms with E-state index >= 15 is 0 Å². The van der Waals surface area contributed by atoms with Crippen molar-refractivity contribution >= 4 is 87.0 Å². The lowest BCUT2D eigenvalue weighted by Crippen LogP contribution is -2.04. The number of para-hydroxylation sites is 1. The molecule has 0 amide bonds. The zero-order valence-electron chi connectivity index (χ0n) is 29.0. The van der Waals surface area contributed by atoms with E-state index in [1.165, 1.54) is 21.5 Å². The third-order valence-electron chi connectivity index (χ3n) is 11.2. The van der Waals surface area contributed by atoms with E-state index in [1.54, 1.807) is 0 Å². The molecule has 0 aliphatic heterocycles. The predicted octanol–water partition coefficient (Wildman–Crippen LogP) is 13.4. The molecule has 0 N–H and O–H groups in total. The van der Waals surface area contributed by atoms with Crippen LogP contribution in [0.15, 0.2) is 180 Å². The van der Waals surface area contributed by atoms with Gasteiger partial charge in [-0.15, -0.1) is 0 Å². The Morgan fingerprint density at radius 3 is 1.94 bits per heavy atom. The summed E-state index contributed by atoms with van der Waals surface area (Å²) < 4.78 is 8.87. The van der Waals surface area contributed by atoms with Gasteiger partial charge in [-0.05, 0) is 68.9 Å². The molecule has 12 rings (SSSR count). The first-order valence-corrected chi connectivity index (χ1v) is 18.3. The molecule has 0 fully saturated rings. The highest BCUT2D eigenvalue weighted by molar-refractivity contribution is 6.20. The Kier molecular flexibility index (Phi) is 6.02. The minimum Gasteiger partial charge on any atom is -0.456 e. The fraction of sp³-hybridized carbons (Fsp3) is 0. The summed E-state index contributed by atoms with van der Waals surface area (Å²) in [6.45, 7) is 0. The lowest BCUT2D eigenvalue weighted by atomic mass is 9.99. The molecule has 0 saturated carbocycles. The van der Waals surface area contributed by atoms with Crippen LogP contribution in [-0.2, 0) is 0 Å². The summed E-state index contributed by atoms with van der Waals surface area (Å²) in [5.74, 6) is 0.636. The molecular formula is C50H29N3O. The second kappa shape index (κ2) is 11.1. The minimum atomic E-state index is 0.636. The van der Waals surface area contributed by atoms with Crippen LogP contribution in [0.1, 0.15) is 0 Å². The van der Waals surface area contributed by atoms with Crippen molar-refractivity contribution in [2.24, 2.45) is 0 Å². The van der Waals surface area contributed by atoms with Crippen molar-refractivity contribution in [2.45, 2.75) is 0 Å². The van der Waals surface area contributed by atoms with Crippen LogP contribution in [0.5, 0.6) is 0 Å². The third-order valence-corrected chi connectivity index (χ3v) is 11.2. The van der Waals surface area contributed by atoms with Crippen molar-refractivity contribution in [2.75, 3.05) is 0 Å². The monoisotopic (exact) mass is 687 g/mol. The van der Waals surface area contributed by atoms with Gasteiger partial charge in [-0.3, -0.25) is 4.57 Å². The maximum absolute atomic E-state index is 6.58. The van der Waals surface area contributed by atoms with Crippen molar-refractivity contribution in [3.63, 3.8) is 0 Å². The van der Waals surface area contributed by atoms with E-state index in [-0.39, 0.29) is 0 Å². The van der Waals surface area contributed by atoms with E-state index in [2.05, 4.69) is 180 Å². The predicted molar refractivity (Wildman–Crippen MR) is 225 cm³/mol. The van der Waals surface area contributed by atoms with E-state index in [0.717, 1.165) is 87.8 Å². The van der Waals surface area contributed by atoms with Crippen molar-refractivity contribution in [1.82, 2.24) is 14.5 Å². The Hall–Kier alpha value is -7.30. The number of aromatic nitrogens is 3. The number of hydrogen-bond acceptors (Lipinski definition) is 3. The van der Waals surface area contributed by atoms with Gasteiger partial charge in [-0.1, -0.05) is 140 Å². The topological polar surface area (TPSA) is 43.9 Å². The highest BCUT2D eigenvalue weighted by atomic mass is 16.3. The molecule has 3 aromatic heterocycles. The summed E-state index contributed by atoms with van der Waals surface area (Å²) in [6, 6.07) is 62.5. The Bertz CT molecular complexity index is 3500. The lowest BCUT2D eigenvalue weighted by molar-refractivity contribution is 0.669. The van der Waals surface area contributed by atoms with E-state index in [0.29, 0.717) is 5.95 Å². The SMILES string of the molecule is c1ccc(-c2nc(-n3c4cc5ccccc5cc4c4cccc(-c5ccc6c(c5)oc5ccc7ccccc7c56)c43)nc3c2ccc2ccccc23)cc1. The quantitative estimate of drug-likeness (QED) is 0.174. The normalized spacial score (nSPS) is 12.1. The summed E-state index contributed by atoms with van der Waals surface area (Å²) in [5, 5.41) is 12.6. The van der Waals surface area contributed by atoms with E-state index in [1.807, 2.05) is 0 Å². The molecule has 0 bridgehead atoms. The molecule has 0 saturated heterocycles. The molecule has 0 spiro atoms. The highest BCUT2D eigenvalue weighted by Gasteiger charge is 2.22.